The Kier molecular flexibility index (Phi) is 7.58. The summed E-state index contributed by atoms with van der Waals surface area (Å²) in [5.41, 5.74) is -3.19. The van der Waals surface area contributed by atoms with Crippen LogP contribution in [0, 0.1) is 6.92 Å². The fourth-order valence-corrected chi connectivity index (χ4v) is 5.63. The Morgan fingerprint density at radius 3 is 1.74 bits per heavy atom. The van der Waals surface area contributed by atoms with Crippen molar-refractivity contribution in [2.75, 3.05) is 39.6 Å². The number of carbonyl (C=O) groups is 6. The number of carbonyl (C=O) groups excluding carboxylic acids is 6. The highest BCUT2D eigenvalue weighted by molar-refractivity contribution is 6.45. The molecule has 0 saturated carbocycles. The van der Waals surface area contributed by atoms with E-state index in [0.29, 0.717) is 25.3 Å². The fraction of sp³-hybridized carbons (Fsp3) is 0.300. The molecule has 0 unspecified atom stereocenters. The van der Waals surface area contributed by atoms with Crippen molar-refractivity contribution >= 4 is 52.7 Å². The molecule has 17 heteroatoms. The van der Waals surface area contributed by atoms with Gasteiger partial charge in [-0.25, -0.2) is 19.4 Å². The zero-order valence-corrected chi connectivity index (χ0v) is 26.7. The molecule has 8 amide bonds. The number of anilines is 1. The Morgan fingerprint density at radius 1 is 0.723 bits per heavy atom. The predicted molar refractivity (Wildman–Crippen MR) is 164 cm³/mol. The topological polar surface area (TPSA) is 196 Å². The molecule has 2 aromatic rings. The number of hydrogen-bond acceptors (Lipinski definition) is 11. The third-order valence-electron chi connectivity index (χ3n) is 8.32. The Bertz CT molecular complexity index is 2160. The lowest BCUT2D eigenvalue weighted by atomic mass is 9.89. The number of aryl methyl sites for hydroxylation is 1. The SMILES string of the molecule is CCN1C=C(C(O)=C2C(=O)N(C)C(=O)N(C)C2=O)/C(=c2/c(=O)n(C)c(=O)n(C)c2=C2C(=O)N(C)C(=O)N(C)C2=O)c2ccc(C)nc21. The van der Waals surface area contributed by atoms with Crippen molar-refractivity contribution in [1.29, 1.82) is 0 Å². The summed E-state index contributed by atoms with van der Waals surface area (Å²) >= 11 is 0. The second-order valence-corrected chi connectivity index (χ2v) is 11.1. The molecule has 2 fully saturated rings. The molecular formula is C30H30N8O9. The first-order chi connectivity index (χ1) is 22.0. The summed E-state index contributed by atoms with van der Waals surface area (Å²) in [5, 5.41) is 10.9. The molecule has 47 heavy (non-hydrogen) atoms. The average molecular weight is 647 g/mol. The zero-order chi connectivity index (χ0) is 35.0. The number of aliphatic hydroxyl groups excluding tert-OH is 1. The van der Waals surface area contributed by atoms with Gasteiger partial charge in [0.1, 0.15) is 22.7 Å². The van der Waals surface area contributed by atoms with Crippen LogP contribution in [0.1, 0.15) is 18.2 Å². The lowest BCUT2D eigenvalue weighted by molar-refractivity contribution is -0.135. The molecule has 0 bridgehead atoms. The molecule has 0 aromatic carbocycles. The van der Waals surface area contributed by atoms with E-state index in [1.165, 1.54) is 13.2 Å². The molecule has 0 aliphatic carbocycles. The minimum Gasteiger partial charge on any atom is -0.506 e. The number of allylic oxidation sites excluding steroid dienone is 1. The molecule has 0 radical (unpaired) electrons. The van der Waals surface area contributed by atoms with Crippen molar-refractivity contribution in [2.45, 2.75) is 13.8 Å². The molecule has 17 nitrogen and oxygen atoms in total. The van der Waals surface area contributed by atoms with Crippen LogP contribution in [0.3, 0.4) is 0 Å². The van der Waals surface area contributed by atoms with Gasteiger partial charge in [-0.05, 0) is 26.0 Å². The summed E-state index contributed by atoms with van der Waals surface area (Å²) in [6.45, 7) is 3.71. The third-order valence-corrected chi connectivity index (χ3v) is 8.32. The number of aliphatic hydroxyl groups is 1. The molecule has 0 atom stereocenters. The number of likely N-dealkylation sites (N-methyl/N-ethyl adjacent to an activating group) is 2. The number of hydrogen-bond donors (Lipinski definition) is 1. The second kappa shape index (κ2) is 11.0. The molecule has 3 aliphatic heterocycles. The summed E-state index contributed by atoms with van der Waals surface area (Å²) in [7, 11) is 6.86. The van der Waals surface area contributed by atoms with E-state index in [-0.39, 0.29) is 29.1 Å². The van der Waals surface area contributed by atoms with E-state index in [1.807, 2.05) is 0 Å². The molecule has 2 saturated heterocycles. The van der Waals surface area contributed by atoms with Crippen molar-refractivity contribution in [3.05, 3.63) is 77.9 Å². The molecule has 5 heterocycles. The number of barbiturate groups is 2. The first-order valence-corrected chi connectivity index (χ1v) is 14.1. The van der Waals surface area contributed by atoms with Crippen LogP contribution in [0.5, 0.6) is 0 Å². The lowest BCUT2D eigenvalue weighted by Gasteiger charge is -2.32. The van der Waals surface area contributed by atoms with Crippen molar-refractivity contribution in [3.63, 3.8) is 0 Å². The van der Waals surface area contributed by atoms with E-state index in [4.69, 9.17) is 0 Å². The maximum atomic E-state index is 14.2. The summed E-state index contributed by atoms with van der Waals surface area (Å²) in [5.74, 6) is -5.13. The van der Waals surface area contributed by atoms with Crippen LogP contribution in [0.25, 0.3) is 11.1 Å². The van der Waals surface area contributed by atoms with Gasteiger partial charge in [-0.1, -0.05) is 0 Å². The number of aromatic nitrogens is 3. The van der Waals surface area contributed by atoms with E-state index >= 15 is 0 Å². The van der Waals surface area contributed by atoms with Gasteiger partial charge < -0.3 is 10.0 Å². The monoisotopic (exact) mass is 646 g/mol. The number of rotatable bonds is 2. The Labute approximate surface area is 265 Å². The van der Waals surface area contributed by atoms with Crippen molar-refractivity contribution < 1.29 is 33.9 Å². The maximum absolute atomic E-state index is 14.2. The summed E-state index contributed by atoms with van der Waals surface area (Å²) in [4.78, 5) is 115. The Morgan fingerprint density at radius 2 is 1.23 bits per heavy atom. The van der Waals surface area contributed by atoms with Gasteiger partial charge in [0.2, 0.25) is 0 Å². The zero-order valence-electron chi connectivity index (χ0n) is 26.7. The number of fused-ring (bicyclic) bond motifs is 1. The van der Waals surface area contributed by atoms with Crippen LogP contribution in [0.4, 0.5) is 15.4 Å². The van der Waals surface area contributed by atoms with E-state index in [9.17, 15) is 43.5 Å². The van der Waals surface area contributed by atoms with E-state index in [1.54, 1.807) is 30.9 Å². The van der Waals surface area contributed by atoms with E-state index in [2.05, 4.69) is 4.98 Å². The molecule has 1 N–H and O–H groups in total. The minimum atomic E-state index is -1.13. The Hall–Kier alpha value is -6.13. The van der Waals surface area contributed by atoms with Crippen LogP contribution in [-0.2, 0) is 33.3 Å². The van der Waals surface area contributed by atoms with Gasteiger partial charge in [0, 0.05) is 77.4 Å². The third kappa shape index (κ3) is 4.49. The Balaban J connectivity index is 2.13. The molecule has 5 rings (SSSR count). The highest BCUT2D eigenvalue weighted by atomic mass is 16.3. The quantitative estimate of drug-likeness (QED) is 0.211. The van der Waals surface area contributed by atoms with Crippen molar-refractivity contribution in [1.82, 2.24) is 33.7 Å². The van der Waals surface area contributed by atoms with Crippen LogP contribution in [0.2, 0.25) is 0 Å². The summed E-state index contributed by atoms with van der Waals surface area (Å²) < 4.78 is 1.61. The van der Waals surface area contributed by atoms with Gasteiger partial charge in [-0.3, -0.25) is 52.7 Å². The normalized spacial score (nSPS) is 18.5. The van der Waals surface area contributed by atoms with Gasteiger partial charge >= 0.3 is 17.8 Å². The highest BCUT2D eigenvalue weighted by Gasteiger charge is 2.43. The number of imide groups is 4. The van der Waals surface area contributed by atoms with Crippen molar-refractivity contribution in [3.8, 4) is 0 Å². The molecule has 0 spiro atoms. The molecular weight excluding hydrogens is 616 g/mol. The predicted octanol–water partition coefficient (Wildman–Crippen LogP) is -2.23. The van der Waals surface area contributed by atoms with Crippen LogP contribution < -0.4 is 26.7 Å². The highest BCUT2D eigenvalue weighted by Crippen LogP contribution is 2.38. The van der Waals surface area contributed by atoms with Crippen LogP contribution in [0.15, 0.2) is 44.8 Å². The van der Waals surface area contributed by atoms with E-state index in [0.717, 1.165) is 44.4 Å². The fourth-order valence-electron chi connectivity index (χ4n) is 5.63. The minimum absolute atomic E-state index is 0.168. The van der Waals surface area contributed by atoms with Gasteiger partial charge in [0.05, 0.1) is 10.6 Å². The van der Waals surface area contributed by atoms with Gasteiger partial charge in [0.25, 0.3) is 29.2 Å². The molecule has 244 valence electrons. The largest absolute Gasteiger partial charge is 0.506 e. The smallest absolute Gasteiger partial charge is 0.333 e. The first kappa shape index (κ1) is 32.3. The number of pyridine rings is 1. The van der Waals surface area contributed by atoms with Crippen LogP contribution in [-0.4, -0.2) is 109 Å². The van der Waals surface area contributed by atoms with Crippen molar-refractivity contribution in [2.24, 2.45) is 14.1 Å². The number of nitrogens with zero attached hydrogens (tertiary/aromatic N) is 8. The standard InChI is InChI=1S/C30H30N8O9/c1-9-38-12-15(21(39)19-26(43)36(7)30(47)37(8)27(19)44)16(14-11-10-13(2)31-22(14)38)17-20(32(3)28(45)33(4)23(17)40)18-24(41)34(5)29(46)35(6)25(18)42/h10-12,39H,9H2,1-8H3/b17-16+. The second-order valence-electron chi connectivity index (χ2n) is 11.1. The van der Waals surface area contributed by atoms with Gasteiger partial charge in [0.15, 0.2) is 0 Å². The molecule has 3 aliphatic rings. The van der Waals surface area contributed by atoms with Crippen LogP contribution >= 0.6 is 0 Å². The average Bonchev–Trinajstić information content (AvgIpc) is 3.05. The maximum Gasteiger partial charge on any atom is 0.333 e. The summed E-state index contributed by atoms with van der Waals surface area (Å²) in [6, 6.07) is 1.25. The number of amides is 8. The van der Waals surface area contributed by atoms with E-state index < -0.39 is 74.4 Å². The lowest BCUT2D eigenvalue weighted by Crippen LogP contribution is -2.63. The summed E-state index contributed by atoms with van der Waals surface area (Å²) in [6.07, 6.45) is 1.33. The van der Waals surface area contributed by atoms with Gasteiger partial charge in [-0.2, -0.15) is 0 Å². The molecule has 2 aromatic heterocycles. The first-order valence-electron chi connectivity index (χ1n) is 14.1. The van der Waals surface area contributed by atoms with Gasteiger partial charge in [-0.15, -0.1) is 0 Å². The number of urea groups is 2.